The average Bonchev–Trinajstić information content (AvgIpc) is 2.91. The molecular formula is C21H26N2OS. The van der Waals surface area contributed by atoms with Crippen molar-refractivity contribution in [2.24, 2.45) is 5.92 Å². The molecule has 4 heteroatoms. The number of thiophene rings is 1. The van der Waals surface area contributed by atoms with Crippen LogP contribution in [0.3, 0.4) is 0 Å². The molecule has 2 aromatic rings. The molecule has 2 heterocycles. The number of benzene rings is 1. The maximum atomic E-state index is 12.6. The Morgan fingerprint density at radius 2 is 2.32 bits per heavy atom. The topological polar surface area (TPSA) is 32.3 Å². The highest BCUT2D eigenvalue weighted by molar-refractivity contribution is 7.19. The van der Waals surface area contributed by atoms with E-state index in [2.05, 4.69) is 49.0 Å². The number of rotatable bonds is 5. The second-order valence-electron chi connectivity index (χ2n) is 6.82. The van der Waals surface area contributed by atoms with Gasteiger partial charge in [-0.1, -0.05) is 24.8 Å². The van der Waals surface area contributed by atoms with Gasteiger partial charge in [-0.25, -0.2) is 0 Å². The molecule has 1 fully saturated rings. The molecule has 1 N–H and O–H groups in total. The molecule has 1 atom stereocenters. The number of nitrogens with one attached hydrogen (secondary N) is 1. The van der Waals surface area contributed by atoms with Gasteiger partial charge in [0, 0.05) is 28.2 Å². The monoisotopic (exact) mass is 354 g/mol. The first-order valence-electron chi connectivity index (χ1n) is 8.87. The summed E-state index contributed by atoms with van der Waals surface area (Å²) in [7, 11) is 2.09. The van der Waals surface area contributed by atoms with Crippen molar-refractivity contribution in [3.63, 3.8) is 0 Å². The largest absolute Gasteiger partial charge is 0.326 e. The SMILES string of the molecule is C=CC=CCc1sc2ccc(NC(=O)C3CCCN(C)C3)cc2c1C. The Kier molecular flexibility index (Phi) is 5.71. The number of allylic oxidation sites excluding steroid dienone is 3. The standard InChI is InChI=1S/C21H26N2OS/c1-4-5-6-9-19-15(2)18-13-17(10-11-20(18)25-19)22-21(24)16-8-7-12-23(3)14-16/h4-6,10-11,13,16H,1,7-9,12,14H2,2-3H3,(H,22,24). The molecule has 0 bridgehead atoms. The third-order valence-corrected chi connectivity index (χ3v) is 6.17. The summed E-state index contributed by atoms with van der Waals surface area (Å²) < 4.78 is 1.27. The van der Waals surface area contributed by atoms with Crippen LogP contribution in [0.15, 0.2) is 43.0 Å². The number of likely N-dealkylation sites (tertiary alicyclic amines) is 1. The van der Waals surface area contributed by atoms with Crippen LogP contribution in [0, 0.1) is 12.8 Å². The van der Waals surface area contributed by atoms with Gasteiger partial charge in [0.1, 0.15) is 0 Å². The van der Waals surface area contributed by atoms with Gasteiger partial charge in [-0.05, 0) is 62.5 Å². The molecule has 1 amide bonds. The predicted octanol–water partition coefficient (Wildman–Crippen LogP) is 4.77. The van der Waals surface area contributed by atoms with Crippen LogP contribution < -0.4 is 5.32 Å². The molecular weight excluding hydrogens is 328 g/mol. The smallest absolute Gasteiger partial charge is 0.228 e. The van der Waals surface area contributed by atoms with Crippen molar-refractivity contribution in [3.05, 3.63) is 53.4 Å². The predicted molar refractivity (Wildman–Crippen MR) is 108 cm³/mol. The summed E-state index contributed by atoms with van der Waals surface area (Å²) in [6.45, 7) is 7.82. The molecule has 3 rings (SSSR count). The lowest BCUT2D eigenvalue weighted by Gasteiger charge is -2.28. The quantitative estimate of drug-likeness (QED) is 0.784. The summed E-state index contributed by atoms with van der Waals surface area (Å²) >= 11 is 1.83. The Balaban J connectivity index is 1.76. The van der Waals surface area contributed by atoms with E-state index in [4.69, 9.17) is 0 Å². The number of hydrogen-bond donors (Lipinski definition) is 1. The molecule has 1 aromatic heterocycles. The normalized spacial score (nSPS) is 18.7. The number of carbonyl (C=O) groups is 1. The van der Waals surface area contributed by atoms with Crippen LogP contribution in [-0.2, 0) is 11.2 Å². The van der Waals surface area contributed by atoms with Crippen LogP contribution >= 0.6 is 11.3 Å². The summed E-state index contributed by atoms with van der Waals surface area (Å²) in [4.78, 5) is 16.2. The van der Waals surface area contributed by atoms with E-state index >= 15 is 0 Å². The summed E-state index contributed by atoms with van der Waals surface area (Å²) in [6.07, 6.45) is 8.92. The molecule has 0 spiro atoms. The van der Waals surface area contributed by atoms with E-state index in [9.17, 15) is 4.79 Å². The molecule has 1 unspecified atom stereocenters. The van der Waals surface area contributed by atoms with Crippen molar-refractivity contribution in [1.82, 2.24) is 4.90 Å². The molecule has 1 aromatic carbocycles. The maximum Gasteiger partial charge on any atom is 0.228 e. The Hall–Kier alpha value is -1.91. The Bertz CT molecular complexity index is 806. The number of piperidine rings is 1. The van der Waals surface area contributed by atoms with E-state index in [0.29, 0.717) is 0 Å². The first kappa shape index (κ1) is 17.9. The summed E-state index contributed by atoms with van der Waals surface area (Å²) in [5.41, 5.74) is 2.21. The van der Waals surface area contributed by atoms with Gasteiger partial charge in [-0.15, -0.1) is 11.3 Å². The van der Waals surface area contributed by atoms with Crippen molar-refractivity contribution < 1.29 is 4.79 Å². The lowest BCUT2D eigenvalue weighted by atomic mass is 9.97. The summed E-state index contributed by atoms with van der Waals surface area (Å²) in [5.74, 6) is 0.241. The number of fused-ring (bicyclic) bond motifs is 1. The highest BCUT2D eigenvalue weighted by Crippen LogP contribution is 2.33. The lowest BCUT2D eigenvalue weighted by Crippen LogP contribution is -2.38. The Morgan fingerprint density at radius 1 is 1.48 bits per heavy atom. The van der Waals surface area contributed by atoms with Gasteiger partial charge in [-0.3, -0.25) is 4.79 Å². The van der Waals surface area contributed by atoms with Crippen molar-refractivity contribution >= 4 is 33.0 Å². The molecule has 25 heavy (non-hydrogen) atoms. The molecule has 0 saturated carbocycles. The van der Waals surface area contributed by atoms with Crippen molar-refractivity contribution in [3.8, 4) is 0 Å². The van der Waals surface area contributed by atoms with Gasteiger partial charge in [0.25, 0.3) is 0 Å². The second-order valence-corrected chi connectivity index (χ2v) is 7.96. The molecule has 1 aliphatic rings. The Morgan fingerprint density at radius 3 is 3.08 bits per heavy atom. The van der Waals surface area contributed by atoms with Gasteiger partial charge in [-0.2, -0.15) is 0 Å². The number of aryl methyl sites for hydroxylation is 1. The summed E-state index contributed by atoms with van der Waals surface area (Å²) in [6, 6.07) is 6.26. The van der Waals surface area contributed by atoms with E-state index in [1.165, 1.54) is 20.5 Å². The van der Waals surface area contributed by atoms with Crippen LogP contribution in [0.1, 0.15) is 23.3 Å². The molecule has 1 saturated heterocycles. The number of hydrogen-bond acceptors (Lipinski definition) is 3. The number of amides is 1. The van der Waals surface area contributed by atoms with Crippen LogP contribution in [0.5, 0.6) is 0 Å². The minimum atomic E-state index is 0.0950. The second kappa shape index (κ2) is 7.98. The van der Waals surface area contributed by atoms with E-state index in [1.54, 1.807) is 6.08 Å². The first-order chi connectivity index (χ1) is 12.1. The van der Waals surface area contributed by atoms with Gasteiger partial charge >= 0.3 is 0 Å². The van der Waals surface area contributed by atoms with Gasteiger partial charge < -0.3 is 10.2 Å². The Labute approximate surface area is 154 Å². The number of carbonyl (C=O) groups excluding carboxylic acids is 1. The average molecular weight is 355 g/mol. The fraction of sp³-hybridized carbons (Fsp3) is 0.381. The first-order valence-corrected chi connectivity index (χ1v) is 9.69. The van der Waals surface area contributed by atoms with E-state index in [1.807, 2.05) is 23.5 Å². The van der Waals surface area contributed by atoms with Gasteiger partial charge in [0.15, 0.2) is 0 Å². The van der Waals surface area contributed by atoms with Crippen molar-refractivity contribution in [2.45, 2.75) is 26.2 Å². The van der Waals surface area contributed by atoms with Crippen LogP contribution in [0.4, 0.5) is 5.69 Å². The molecule has 3 nitrogen and oxygen atoms in total. The fourth-order valence-electron chi connectivity index (χ4n) is 3.44. The number of nitrogens with zero attached hydrogens (tertiary/aromatic N) is 1. The highest BCUT2D eigenvalue weighted by Gasteiger charge is 2.24. The zero-order valence-corrected chi connectivity index (χ0v) is 15.9. The van der Waals surface area contributed by atoms with E-state index < -0.39 is 0 Å². The molecule has 0 aliphatic carbocycles. The molecule has 132 valence electrons. The minimum absolute atomic E-state index is 0.0950. The highest BCUT2D eigenvalue weighted by atomic mass is 32.1. The lowest BCUT2D eigenvalue weighted by molar-refractivity contribution is -0.121. The van der Waals surface area contributed by atoms with Crippen LogP contribution in [0.2, 0.25) is 0 Å². The third kappa shape index (κ3) is 4.20. The molecule has 0 radical (unpaired) electrons. The third-order valence-electron chi connectivity index (χ3n) is 4.87. The number of anilines is 1. The van der Waals surface area contributed by atoms with Crippen molar-refractivity contribution in [1.29, 1.82) is 0 Å². The maximum absolute atomic E-state index is 12.6. The van der Waals surface area contributed by atoms with E-state index in [0.717, 1.165) is 38.0 Å². The summed E-state index contributed by atoms with van der Waals surface area (Å²) in [5, 5.41) is 4.37. The molecule has 1 aliphatic heterocycles. The van der Waals surface area contributed by atoms with E-state index in [-0.39, 0.29) is 11.8 Å². The minimum Gasteiger partial charge on any atom is -0.326 e. The fourth-order valence-corrected chi connectivity index (χ4v) is 4.61. The van der Waals surface area contributed by atoms with Gasteiger partial charge in [0.05, 0.1) is 5.92 Å². The van der Waals surface area contributed by atoms with Crippen LogP contribution in [-0.4, -0.2) is 30.9 Å². The zero-order valence-electron chi connectivity index (χ0n) is 15.0. The van der Waals surface area contributed by atoms with Gasteiger partial charge in [0.2, 0.25) is 5.91 Å². The van der Waals surface area contributed by atoms with Crippen molar-refractivity contribution in [2.75, 3.05) is 25.5 Å². The zero-order chi connectivity index (χ0) is 17.8. The van der Waals surface area contributed by atoms with Crippen LogP contribution in [0.25, 0.3) is 10.1 Å².